The number of aryl methyl sites for hydroxylation is 1. The number of aromatic amines is 1. The number of H-pyrrole nitrogens is 1. The lowest BCUT2D eigenvalue weighted by atomic mass is 10.1. The molecule has 0 aliphatic carbocycles. The fourth-order valence-corrected chi connectivity index (χ4v) is 3.19. The van der Waals surface area contributed by atoms with Crippen molar-refractivity contribution in [1.29, 1.82) is 0 Å². The van der Waals surface area contributed by atoms with Gasteiger partial charge in [-0.3, -0.25) is 9.59 Å². The van der Waals surface area contributed by atoms with Crippen molar-refractivity contribution in [2.75, 3.05) is 6.54 Å². The number of halogens is 1. The third kappa shape index (κ3) is 4.53. The summed E-state index contributed by atoms with van der Waals surface area (Å²) in [5, 5.41) is 0.704. The Bertz CT molecular complexity index is 966. The van der Waals surface area contributed by atoms with Crippen LogP contribution in [0.1, 0.15) is 23.2 Å². The summed E-state index contributed by atoms with van der Waals surface area (Å²) in [5.41, 5.74) is 8.63. The number of benzene rings is 2. The molecule has 0 bridgehead atoms. The van der Waals surface area contributed by atoms with Gasteiger partial charge in [0.15, 0.2) is 0 Å². The number of hydrogen-bond donors (Lipinski definition) is 2. The van der Waals surface area contributed by atoms with Gasteiger partial charge in [0.05, 0.1) is 6.42 Å². The van der Waals surface area contributed by atoms with Gasteiger partial charge < -0.3 is 15.6 Å². The van der Waals surface area contributed by atoms with E-state index in [0.29, 0.717) is 11.9 Å². The average molecular weight is 367 g/mol. The van der Waals surface area contributed by atoms with Crippen molar-refractivity contribution in [3.8, 4) is 0 Å². The molecule has 0 saturated heterocycles. The highest BCUT2D eigenvalue weighted by Gasteiger charge is 2.19. The van der Waals surface area contributed by atoms with Gasteiger partial charge in [-0.05, 0) is 36.2 Å². The summed E-state index contributed by atoms with van der Waals surface area (Å²) >= 11 is 0. The molecule has 0 saturated carbocycles. The predicted molar refractivity (Wildman–Crippen MR) is 102 cm³/mol. The largest absolute Gasteiger partial charge is 0.370 e. The van der Waals surface area contributed by atoms with Crippen LogP contribution in [-0.4, -0.2) is 28.2 Å². The minimum absolute atomic E-state index is 0.0973. The van der Waals surface area contributed by atoms with Gasteiger partial charge in [0.25, 0.3) is 0 Å². The number of rotatable bonds is 7. The molecule has 3 aromatic rings. The maximum atomic E-state index is 13.7. The molecule has 6 heteroatoms. The van der Waals surface area contributed by atoms with E-state index in [1.165, 1.54) is 12.1 Å². The van der Waals surface area contributed by atoms with E-state index in [1.807, 2.05) is 37.3 Å². The minimum Gasteiger partial charge on any atom is -0.370 e. The molecule has 3 rings (SSSR count). The average Bonchev–Trinajstić information content (AvgIpc) is 2.94. The third-order valence-electron chi connectivity index (χ3n) is 4.61. The van der Waals surface area contributed by atoms with Crippen molar-refractivity contribution >= 4 is 22.7 Å². The standard InChI is InChI=1S/C21H22FN3O2/c1-14-17(18-11-16(22)7-8-19(18)24-14)12-21(27)25(10-9-20(23)26)13-15-5-3-2-4-6-15/h2-8,11,24H,9-10,12-13H2,1H3,(H2,23,26). The van der Waals surface area contributed by atoms with Crippen LogP contribution in [0.25, 0.3) is 10.9 Å². The molecule has 2 aromatic carbocycles. The van der Waals surface area contributed by atoms with Crippen molar-refractivity contribution in [3.05, 3.63) is 71.2 Å². The summed E-state index contributed by atoms with van der Waals surface area (Å²) in [6, 6.07) is 14.1. The van der Waals surface area contributed by atoms with Gasteiger partial charge in [0, 0.05) is 36.1 Å². The van der Waals surface area contributed by atoms with Gasteiger partial charge in [-0.1, -0.05) is 30.3 Å². The van der Waals surface area contributed by atoms with Gasteiger partial charge >= 0.3 is 0 Å². The second kappa shape index (κ2) is 8.03. The highest BCUT2D eigenvalue weighted by molar-refractivity contribution is 5.90. The summed E-state index contributed by atoms with van der Waals surface area (Å²) in [4.78, 5) is 29.0. The number of hydrogen-bond acceptors (Lipinski definition) is 2. The maximum Gasteiger partial charge on any atom is 0.227 e. The number of carbonyl (C=O) groups excluding carboxylic acids is 2. The van der Waals surface area contributed by atoms with Crippen LogP contribution in [0.4, 0.5) is 4.39 Å². The van der Waals surface area contributed by atoms with Crippen molar-refractivity contribution < 1.29 is 14.0 Å². The second-order valence-corrected chi connectivity index (χ2v) is 6.61. The molecule has 0 atom stereocenters. The number of primary amides is 1. The predicted octanol–water partition coefficient (Wildman–Crippen LogP) is 3.06. The smallest absolute Gasteiger partial charge is 0.227 e. The molecule has 0 spiro atoms. The van der Waals surface area contributed by atoms with E-state index >= 15 is 0 Å². The number of aromatic nitrogens is 1. The molecular weight excluding hydrogens is 345 g/mol. The number of amides is 2. The van der Waals surface area contributed by atoms with Gasteiger partial charge in [-0.25, -0.2) is 4.39 Å². The monoisotopic (exact) mass is 367 g/mol. The molecule has 2 amide bonds. The van der Waals surface area contributed by atoms with Gasteiger partial charge in [-0.15, -0.1) is 0 Å². The first-order valence-electron chi connectivity index (χ1n) is 8.80. The number of nitrogens with one attached hydrogen (secondary N) is 1. The van der Waals surface area contributed by atoms with Crippen molar-refractivity contribution in [2.24, 2.45) is 5.73 Å². The van der Waals surface area contributed by atoms with E-state index in [2.05, 4.69) is 4.98 Å². The lowest BCUT2D eigenvalue weighted by molar-refractivity contribution is -0.131. The molecule has 0 aliphatic rings. The Morgan fingerprint density at radius 2 is 1.89 bits per heavy atom. The van der Waals surface area contributed by atoms with E-state index in [0.717, 1.165) is 22.3 Å². The summed E-state index contributed by atoms with van der Waals surface area (Å²) in [5.74, 6) is -0.926. The van der Waals surface area contributed by atoms with Crippen molar-refractivity contribution in [2.45, 2.75) is 26.3 Å². The lowest BCUT2D eigenvalue weighted by Crippen LogP contribution is -2.34. The van der Waals surface area contributed by atoms with Crippen LogP contribution >= 0.6 is 0 Å². The number of nitrogens with two attached hydrogens (primary N) is 1. The zero-order valence-corrected chi connectivity index (χ0v) is 15.2. The lowest BCUT2D eigenvalue weighted by Gasteiger charge is -2.22. The van der Waals surface area contributed by atoms with Crippen LogP contribution in [0.2, 0.25) is 0 Å². The summed E-state index contributed by atoms with van der Waals surface area (Å²) in [7, 11) is 0. The van der Waals surface area contributed by atoms with E-state index < -0.39 is 5.91 Å². The Labute approximate surface area is 157 Å². The molecule has 27 heavy (non-hydrogen) atoms. The second-order valence-electron chi connectivity index (χ2n) is 6.61. The van der Waals surface area contributed by atoms with E-state index in [4.69, 9.17) is 5.73 Å². The zero-order chi connectivity index (χ0) is 19.4. The van der Waals surface area contributed by atoms with Crippen molar-refractivity contribution in [1.82, 2.24) is 9.88 Å². The number of nitrogens with zero attached hydrogens (tertiary/aromatic N) is 1. The number of carbonyl (C=O) groups is 2. The van der Waals surface area contributed by atoms with E-state index in [1.54, 1.807) is 11.0 Å². The van der Waals surface area contributed by atoms with E-state index in [-0.39, 0.29) is 31.1 Å². The molecule has 0 aliphatic heterocycles. The quantitative estimate of drug-likeness (QED) is 0.673. The third-order valence-corrected chi connectivity index (χ3v) is 4.61. The van der Waals surface area contributed by atoms with Gasteiger partial charge in [-0.2, -0.15) is 0 Å². The van der Waals surface area contributed by atoms with Crippen LogP contribution in [0.3, 0.4) is 0 Å². The Morgan fingerprint density at radius 1 is 1.15 bits per heavy atom. The van der Waals surface area contributed by atoms with Gasteiger partial charge in [0.1, 0.15) is 5.82 Å². The van der Waals surface area contributed by atoms with Gasteiger partial charge in [0.2, 0.25) is 11.8 Å². The van der Waals surface area contributed by atoms with E-state index in [9.17, 15) is 14.0 Å². The van der Waals surface area contributed by atoms with Crippen LogP contribution in [-0.2, 0) is 22.6 Å². The summed E-state index contributed by atoms with van der Waals surface area (Å²) in [6.07, 6.45) is 0.223. The highest BCUT2D eigenvalue weighted by Crippen LogP contribution is 2.24. The molecule has 0 fully saturated rings. The normalized spacial score (nSPS) is 10.9. The first kappa shape index (κ1) is 18.6. The van der Waals surface area contributed by atoms with Crippen LogP contribution in [0.15, 0.2) is 48.5 Å². The Hall–Kier alpha value is -3.15. The SMILES string of the molecule is Cc1[nH]c2ccc(F)cc2c1CC(=O)N(CCC(N)=O)Cc1ccccc1. The Kier molecular flexibility index (Phi) is 5.54. The van der Waals surface area contributed by atoms with Crippen molar-refractivity contribution in [3.63, 3.8) is 0 Å². The first-order valence-corrected chi connectivity index (χ1v) is 8.80. The number of fused-ring (bicyclic) bond motifs is 1. The summed E-state index contributed by atoms with van der Waals surface area (Å²) < 4.78 is 13.7. The maximum absolute atomic E-state index is 13.7. The molecule has 0 radical (unpaired) electrons. The molecule has 1 heterocycles. The minimum atomic E-state index is -0.453. The zero-order valence-electron chi connectivity index (χ0n) is 15.2. The van der Waals surface area contributed by atoms with Crippen LogP contribution in [0.5, 0.6) is 0 Å². The Morgan fingerprint density at radius 3 is 2.59 bits per heavy atom. The topological polar surface area (TPSA) is 79.2 Å². The first-order chi connectivity index (χ1) is 12.9. The molecular formula is C21H22FN3O2. The fourth-order valence-electron chi connectivity index (χ4n) is 3.19. The Balaban J connectivity index is 1.84. The summed E-state index contributed by atoms with van der Waals surface area (Å²) in [6.45, 7) is 2.51. The molecule has 0 unspecified atom stereocenters. The fraction of sp³-hybridized carbons (Fsp3) is 0.238. The van der Waals surface area contributed by atoms with Crippen LogP contribution in [0, 0.1) is 12.7 Å². The highest BCUT2D eigenvalue weighted by atomic mass is 19.1. The molecule has 3 N–H and O–H groups in total. The van der Waals surface area contributed by atoms with Crippen LogP contribution < -0.4 is 5.73 Å². The molecule has 5 nitrogen and oxygen atoms in total. The molecule has 1 aromatic heterocycles. The molecule has 140 valence electrons.